The second-order valence-corrected chi connectivity index (χ2v) is 4.48. The third-order valence-electron chi connectivity index (χ3n) is 2.73. The van der Waals surface area contributed by atoms with Gasteiger partial charge in [-0.2, -0.15) is 0 Å². The summed E-state index contributed by atoms with van der Waals surface area (Å²) < 4.78 is 0. The van der Waals surface area contributed by atoms with Gasteiger partial charge in [0, 0.05) is 31.9 Å². The zero-order valence-corrected chi connectivity index (χ0v) is 11.8. The molecule has 1 heterocycles. The van der Waals surface area contributed by atoms with Gasteiger partial charge in [-0.25, -0.2) is 9.97 Å². The first kappa shape index (κ1) is 15.1. The Morgan fingerprint density at radius 3 is 2.45 bits per heavy atom. The molecule has 0 spiro atoms. The fourth-order valence-corrected chi connectivity index (χ4v) is 1.79. The summed E-state index contributed by atoms with van der Waals surface area (Å²) in [7, 11) is 3.24. The molecule has 1 N–H and O–H groups in total. The van der Waals surface area contributed by atoms with Crippen molar-refractivity contribution < 1.29 is 9.85 Å². The molecule has 10 heteroatoms. The maximum Gasteiger partial charge on any atom is 0.353 e. The number of hydrogen-bond donors (Lipinski definition) is 1. The van der Waals surface area contributed by atoms with Crippen LogP contribution in [0.3, 0.4) is 0 Å². The van der Waals surface area contributed by atoms with Crippen LogP contribution in [0.4, 0.5) is 28.7 Å². The molecule has 0 aliphatic rings. The van der Waals surface area contributed by atoms with Crippen LogP contribution in [-0.4, -0.2) is 33.9 Å². The normalized spacial score (nSPS) is 10.1. The van der Waals surface area contributed by atoms with Gasteiger partial charge in [0.1, 0.15) is 6.33 Å². The highest BCUT2D eigenvalue weighted by atomic mass is 16.6. The van der Waals surface area contributed by atoms with Gasteiger partial charge in [-0.05, 0) is 6.07 Å². The average molecular weight is 304 g/mol. The molecule has 1 aromatic carbocycles. The van der Waals surface area contributed by atoms with E-state index in [-0.39, 0.29) is 23.0 Å². The van der Waals surface area contributed by atoms with Gasteiger partial charge in [0.15, 0.2) is 0 Å². The van der Waals surface area contributed by atoms with Crippen LogP contribution in [-0.2, 0) is 0 Å². The van der Waals surface area contributed by atoms with Crippen molar-refractivity contribution in [3.8, 4) is 0 Å². The summed E-state index contributed by atoms with van der Waals surface area (Å²) in [4.78, 5) is 30.1. The van der Waals surface area contributed by atoms with Crippen molar-refractivity contribution in [2.75, 3.05) is 24.3 Å². The molecule has 22 heavy (non-hydrogen) atoms. The van der Waals surface area contributed by atoms with Crippen molar-refractivity contribution in [3.05, 3.63) is 50.8 Å². The number of nitro benzene ring substituents is 1. The van der Waals surface area contributed by atoms with Gasteiger partial charge in [-0.15, -0.1) is 0 Å². The van der Waals surface area contributed by atoms with E-state index in [1.807, 2.05) is 0 Å². The molecule has 0 bridgehead atoms. The molecule has 0 saturated heterocycles. The number of nitro groups is 2. The van der Waals surface area contributed by atoms with E-state index in [2.05, 4.69) is 15.3 Å². The number of non-ortho nitro benzene ring substituents is 1. The third-order valence-corrected chi connectivity index (χ3v) is 2.73. The van der Waals surface area contributed by atoms with Gasteiger partial charge in [-0.1, -0.05) is 6.07 Å². The third kappa shape index (κ3) is 3.06. The zero-order chi connectivity index (χ0) is 16.3. The van der Waals surface area contributed by atoms with Crippen LogP contribution < -0.4 is 10.2 Å². The van der Waals surface area contributed by atoms with Crippen LogP contribution in [0.1, 0.15) is 0 Å². The lowest BCUT2D eigenvalue weighted by atomic mass is 10.2. The highest BCUT2D eigenvalue weighted by Crippen LogP contribution is 2.32. The minimum Gasteiger partial charge on any atom is -0.357 e. The van der Waals surface area contributed by atoms with Crippen molar-refractivity contribution in [3.63, 3.8) is 0 Å². The number of nitrogens with zero attached hydrogens (tertiary/aromatic N) is 5. The predicted molar refractivity (Wildman–Crippen MR) is 79.4 cm³/mol. The quantitative estimate of drug-likeness (QED) is 0.657. The maximum atomic E-state index is 11.3. The van der Waals surface area contributed by atoms with E-state index in [9.17, 15) is 20.2 Å². The van der Waals surface area contributed by atoms with E-state index in [4.69, 9.17) is 0 Å². The molecule has 0 aliphatic carbocycles. The standard InChI is InChI=1S/C12H12N6O4/c1-16(2)12-10(18(21)22)11(13-7-14-12)15-8-4-3-5-9(6-8)17(19)20/h3-7H,1-2H3,(H,13,14,15). The number of nitrogens with one attached hydrogen (secondary N) is 1. The van der Waals surface area contributed by atoms with Gasteiger partial charge < -0.3 is 10.2 Å². The highest BCUT2D eigenvalue weighted by molar-refractivity contribution is 5.74. The lowest BCUT2D eigenvalue weighted by molar-refractivity contribution is -0.384. The number of hydrogen-bond acceptors (Lipinski definition) is 8. The Bertz CT molecular complexity index is 733. The molecule has 0 amide bonds. The van der Waals surface area contributed by atoms with E-state index in [0.717, 1.165) is 0 Å². The summed E-state index contributed by atoms with van der Waals surface area (Å²) in [6.07, 6.45) is 1.18. The van der Waals surface area contributed by atoms with Gasteiger partial charge in [0.2, 0.25) is 11.6 Å². The zero-order valence-electron chi connectivity index (χ0n) is 11.8. The van der Waals surface area contributed by atoms with E-state index in [0.29, 0.717) is 5.69 Å². The van der Waals surface area contributed by atoms with E-state index >= 15 is 0 Å². The summed E-state index contributed by atoms with van der Waals surface area (Å²) in [6, 6.07) is 5.61. The van der Waals surface area contributed by atoms with Crippen molar-refractivity contribution in [1.82, 2.24) is 9.97 Å². The van der Waals surface area contributed by atoms with Gasteiger partial charge >= 0.3 is 5.69 Å². The molecule has 1 aromatic heterocycles. The molecular formula is C12H12N6O4. The van der Waals surface area contributed by atoms with Crippen LogP contribution >= 0.6 is 0 Å². The fraction of sp³-hybridized carbons (Fsp3) is 0.167. The van der Waals surface area contributed by atoms with Crippen LogP contribution in [0.25, 0.3) is 0 Å². The van der Waals surface area contributed by atoms with Gasteiger partial charge in [-0.3, -0.25) is 20.2 Å². The minimum atomic E-state index is -0.602. The maximum absolute atomic E-state index is 11.3. The van der Waals surface area contributed by atoms with Crippen molar-refractivity contribution in [1.29, 1.82) is 0 Å². The molecule has 0 unspecified atom stereocenters. The first-order chi connectivity index (χ1) is 10.4. The Labute approximate surface area is 124 Å². The second-order valence-electron chi connectivity index (χ2n) is 4.48. The van der Waals surface area contributed by atoms with Crippen molar-refractivity contribution in [2.45, 2.75) is 0 Å². The average Bonchev–Trinajstić information content (AvgIpc) is 2.46. The predicted octanol–water partition coefficient (Wildman–Crippen LogP) is 2.10. The Kier molecular flexibility index (Phi) is 4.11. The van der Waals surface area contributed by atoms with E-state index in [1.54, 1.807) is 20.2 Å². The molecule has 0 aliphatic heterocycles. The molecule has 0 saturated carbocycles. The van der Waals surface area contributed by atoms with Crippen molar-refractivity contribution in [2.24, 2.45) is 0 Å². The number of anilines is 3. The summed E-state index contributed by atoms with van der Waals surface area (Å²) in [6.45, 7) is 0. The molecule has 10 nitrogen and oxygen atoms in total. The summed E-state index contributed by atoms with van der Waals surface area (Å²) in [5.41, 5.74) is -0.116. The second kappa shape index (κ2) is 5.99. The largest absolute Gasteiger partial charge is 0.357 e. The molecule has 2 aromatic rings. The smallest absolute Gasteiger partial charge is 0.353 e. The summed E-state index contributed by atoms with van der Waals surface area (Å²) in [5.74, 6) is 0.0946. The van der Waals surface area contributed by atoms with Gasteiger partial charge in [0.25, 0.3) is 5.69 Å². The first-order valence-electron chi connectivity index (χ1n) is 6.08. The Morgan fingerprint density at radius 1 is 1.14 bits per heavy atom. The van der Waals surface area contributed by atoms with Crippen LogP contribution in [0.2, 0.25) is 0 Å². The lowest BCUT2D eigenvalue weighted by Crippen LogP contribution is -2.14. The molecular weight excluding hydrogens is 292 g/mol. The summed E-state index contributed by atoms with van der Waals surface area (Å²) >= 11 is 0. The Hall–Kier alpha value is -3.30. The van der Waals surface area contributed by atoms with Gasteiger partial charge in [0.05, 0.1) is 9.85 Å². The lowest BCUT2D eigenvalue weighted by Gasteiger charge is -2.13. The van der Waals surface area contributed by atoms with Crippen LogP contribution in [0.15, 0.2) is 30.6 Å². The Balaban J connectivity index is 2.45. The topological polar surface area (TPSA) is 127 Å². The molecule has 0 radical (unpaired) electrons. The molecule has 0 fully saturated rings. The molecule has 0 atom stereocenters. The van der Waals surface area contributed by atoms with E-state index in [1.165, 1.54) is 29.4 Å². The monoisotopic (exact) mass is 304 g/mol. The van der Waals surface area contributed by atoms with Crippen LogP contribution in [0, 0.1) is 20.2 Å². The fourth-order valence-electron chi connectivity index (χ4n) is 1.79. The van der Waals surface area contributed by atoms with Crippen LogP contribution in [0.5, 0.6) is 0 Å². The van der Waals surface area contributed by atoms with E-state index < -0.39 is 9.85 Å². The Morgan fingerprint density at radius 2 is 1.86 bits per heavy atom. The molecule has 2 rings (SSSR count). The van der Waals surface area contributed by atoms with Crippen molar-refractivity contribution >= 4 is 28.7 Å². The minimum absolute atomic E-state index is 0.0378. The SMILES string of the molecule is CN(C)c1ncnc(Nc2cccc([N+](=O)[O-])c2)c1[N+](=O)[O-]. The number of aromatic nitrogens is 2. The highest BCUT2D eigenvalue weighted by Gasteiger charge is 2.24. The molecule has 114 valence electrons. The number of rotatable bonds is 5. The first-order valence-corrected chi connectivity index (χ1v) is 6.08. The summed E-state index contributed by atoms with van der Waals surface area (Å²) in [5, 5.41) is 24.7. The number of benzene rings is 1.